The van der Waals surface area contributed by atoms with Gasteiger partial charge in [-0.15, -0.1) is 20.4 Å². The van der Waals surface area contributed by atoms with Crippen molar-refractivity contribution in [2.24, 2.45) is 0 Å². The first-order valence-electron chi connectivity index (χ1n) is 7.26. The van der Waals surface area contributed by atoms with Crippen LogP contribution in [-0.2, 0) is 6.61 Å². The van der Waals surface area contributed by atoms with Gasteiger partial charge < -0.3 is 9.15 Å². The van der Waals surface area contributed by atoms with E-state index in [0.717, 1.165) is 21.1 Å². The second kappa shape index (κ2) is 6.59. The number of hydrogen-bond donors (Lipinski definition) is 0. The van der Waals surface area contributed by atoms with Crippen molar-refractivity contribution in [1.82, 2.24) is 20.4 Å². The summed E-state index contributed by atoms with van der Waals surface area (Å²) in [5.74, 6) is 1.17. The maximum atomic E-state index is 5.80. The van der Waals surface area contributed by atoms with Gasteiger partial charge >= 0.3 is 0 Å². The fraction of sp³-hybridized carbons (Fsp3) is 0.0588. The Morgan fingerprint density at radius 3 is 2.62 bits per heavy atom. The zero-order valence-electron chi connectivity index (χ0n) is 12.5. The van der Waals surface area contributed by atoms with Crippen molar-refractivity contribution in [2.45, 2.75) is 6.61 Å². The van der Waals surface area contributed by atoms with E-state index in [-0.39, 0.29) is 0 Å². The molecule has 4 rings (SSSR count). The van der Waals surface area contributed by atoms with Crippen LogP contribution in [0.2, 0.25) is 0 Å². The van der Waals surface area contributed by atoms with E-state index in [1.165, 1.54) is 17.7 Å². The molecule has 118 valence electrons. The van der Waals surface area contributed by atoms with Gasteiger partial charge in [0.1, 0.15) is 17.4 Å². The molecule has 0 amide bonds. The van der Waals surface area contributed by atoms with Crippen molar-refractivity contribution in [3.05, 3.63) is 66.0 Å². The molecular formula is C17H12N4O2S. The lowest BCUT2D eigenvalue weighted by atomic mass is 10.2. The van der Waals surface area contributed by atoms with Gasteiger partial charge in [-0.05, 0) is 18.2 Å². The van der Waals surface area contributed by atoms with Gasteiger partial charge in [-0.3, -0.25) is 0 Å². The minimum Gasteiger partial charge on any atom is -0.486 e. The number of ether oxygens (including phenoxy) is 1. The first-order chi connectivity index (χ1) is 11.9. The van der Waals surface area contributed by atoms with E-state index in [1.807, 2.05) is 54.6 Å². The van der Waals surface area contributed by atoms with Gasteiger partial charge in [0.25, 0.3) is 0 Å². The highest BCUT2D eigenvalue weighted by molar-refractivity contribution is 7.14. The van der Waals surface area contributed by atoms with Crippen LogP contribution in [0.4, 0.5) is 0 Å². The van der Waals surface area contributed by atoms with Crippen LogP contribution in [0, 0.1) is 0 Å². The van der Waals surface area contributed by atoms with E-state index in [4.69, 9.17) is 9.15 Å². The third-order valence-corrected chi connectivity index (χ3v) is 4.24. The SMILES string of the molecule is c1ccc(-c2nnc(COc3cccc(-c4nnco4)c3)s2)cc1. The normalized spacial score (nSPS) is 10.7. The molecule has 0 saturated heterocycles. The predicted molar refractivity (Wildman–Crippen MR) is 89.4 cm³/mol. The maximum Gasteiger partial charge on any atom is 0.247 e. The van der Waals surface area contributed by atoms with Gasteiger partial charge in [0.2, 0.25) is 12.3 Å². The van der Waals surface area contributed by atoms with Crippen molar-refractivity contribution in [2.75, 3.05) is 0 Å². The van der Waals surface area contributed by atoms with Crippen molar-refractivity contribution in [3.63, 3.8) is 0 Å². The molecular weight excluding hydrogens is 324 g/mol. The monoisotopic (exact) mass is 336 g/mol. The molecule has 0 aliphatic heterocycles. The van der Waals surface area contributed by atoms with Gasteiger partial charge in [-0.1, -0.05) is 47.7 Å². The summed E-state index contributed by atoms with van der Waals surface area (Å²) in [5.41, 5.74) is 1.87. The van der Waals surface area contributed by atoms with Crippen molar-refractivity contribution >= 4 is 11.3 Å². The Kier molecular flexibility index (Phi) is 3.99. The number of nitrogens with zero attached hydrogens (tertiary/aromatic N) is 4. The Balaban J connectivity index is 1.46. The highest BCUT2D eigenvalue weighted by atomic mass is 32.1. The summed E-state index contributed by atoms with van der Waals surface area (Å²) in [4.78, 5) is 0. The molecule has 0 N–H and O–H groups in total. The van der Waals surface area contributed by atoms with Crippen molar-refractivity contribution in [3.8, 4) is 27.8 Å². The lowest BCUT2D eigenvalue weighted by Gasteiger charge is -2.04. The highest BCUT2D eigenvalue weighted by Gasteiger charge is 2.08. The summed E-state index contributed by atoms with van der Waals surface area (Å²) >= 11 is 1.52. The Hall–Kier alpha value is -3.06. The second-order valence-electron chi connectivity index (χ2n) is 4.93. The molecule has 0 bridgehead atoms. The zero-order chi connectivity index (χ0) is 16.2. The molecule has 2 heterocycles. The van der Waals surface area contributed by atoms with Crippen LogP contribution in [0.5, 0.6) is 5.75 Å². The summed E-state index contributed by atoms with van der Waals surface area (Å²) in [5, 5.41) is 17.7. The smallest absolute Gasteiger partial charge is 0.247 e. The van der Waals surface area contributed by atoms with E-state index in [2.05, 4.69) is 20.4 Å². The third-order valence-electron chi connectivity index (χ3n) is 3.29. The molecule has 24 heavy (non-hydrogen) atoms. The van der Waals surface area contributed by atoms with E-state index in [9.17, 15) is 0 Å². The average Bonchev–Trinajstić information content (AvgIpc) is 3.33. The largest absolute Gasteiger partial charge is 0.486 e. The Labute approximate surface area is 141 Å². The number of aromatic nitrogens is 4. The van der Waals surface area contributed by atoms with E-state index >= 15 is 0 Å². The molecule has 0 aliphatic rings. The van der Waals surface area contributed by atoms with Crippen LogP contribution >= 0.6 is 11.3 Å². The number of rotatable bonds is 5. The molecule has 7 heteroatoms. The molecule has 0 spiro atoms. The quantitative estimate of drug-likeness (QED) is 0.551. The van der Waals surface area contributed by atoms with Crippen LogP contribution in [0.1, 0.15) is 5.01 Å². The Morgan fingerprint density at radius 2 is 1.79 bits per heavy atom. The number of hydrogen-bond acceptors (Lipinski definition) is 7. The van der Waals surface area contributed by atoms with Crippen molar-refractivity contribution < 1.29 is 9.15 Å². The van der Waals surface area contributed by atoms with Crippen LogP contribution in [0.3, 0.4) is 0 Å². The zero-order valence-corrected chi connectivity index (χ0v) is 13.3. The molecule has 0 radical (unpaired) electrons. The molecule has 0 unspecified atom stereocenters. The third kappa shape index (κ3) is 3.16. The van der Waals surface area contributed by atoms with Crippen LogP contribution in [0.15, 0.2) is 65.4 Å². The molecule has 4 aromatic rings. The molecule has 0 aliphatic carbocycles. The Bertz CT molecular complexity index is 923. The van der Waals surface area contributed by atoms with Gasteiger partial charge in [-0.2, -0.15) is 0 Å². The van der Waals surface area contributed by atoms with E-state index < -0.39 is 0 Å². The molecule has 2 aromatic heterocycles. The van der Waals surface area contributed by atoms with Crippen LogP contribution in [-0.4, -0.2) is 20.4 Å². The molecule has 2 aromatic carbocycles. The molecule has 0 fully saturated rings. The van der Waals surface area contributed by atoms with Crippen molar-refractivity contribution in [1.29, 1.82) is 0 Å². The van der Waals surface area contributed by atoms with Crippen LogP contribution in [0.25, 0.3) is 22.0 Å². The summed E-state index contributed by atoms with van der Waals surface area (Å²) in [6.07, 6.45) is 1.30. The summed E-state index contributed by atoms with van der Waals surface area (Å²) in [7, 11) is 0. The van der Waals surface area contributed by atoms with Gasteiger partial charge in [0.15, 0.2) is 5.01 Å². The van der Waals surface area contributed by atoms with Crippen LogP contribution < -0.4 is 4.74 Å². The first-order valence-corrected chi connectivity index (χ1v) is 8.07. The predicted octanol–water partition coefficient (Wildman–Crippen LogP) is 3.83. The van der Waals surface area contributed by atoms with E-state index in [0.29, 0.717) is 18.2 Å². The minimum absolute atomic E-state index is 0.359. The van der Waals surface area contributed by atoms with E-state index in [1.54, 1.807) is 0 Å². The summed E-state index contributed by atoms with van der Waals surface area (Å²) in [6, 6.07) is 17.5. The number of benzene rings is 2. The topological polar surface area (TPSA) is 73.9 Å². The lowest BCUT2D eigenvalue weighted by molar-refractivity contribution is 0.304. The summed E-state index contributed by atoms with van der Waals surface area (Å²) < 4.78 is 11.0. The average molecular weight is 336 g/mol. The molecule has 6 nitrogen and oxygen atoms in total. The fourth-order valence-electron chi connectivity index (χ4n) is 2.17. The molecule has 0 atom stereocenters. The fourth-order valence-corrected chi connectivity index (χ4v) is 2.93. The first kappa shape index (κ1) is 14.5. The molecule has 0 saturated carbocycles. The van der Waals surface area contributed by atoms with Gasteiger partial charge in [-0.25, -0.2) is 0 Å². The maximum absolute atomic E-state index is 5.80. The minimum atomic E-state index is 0.359. The Morgan fingerprint density at radius 1 is 0.917 bits per heavy atom. The van der Waals surface area contributed by atoms with Gasteiger partial charge in [0, 0.05) is 11.1 Å². The standard InChI is InChI=1S/C17H12N4O2S/c1-2-5-12(6-3-1)17-21-19-15(24-17)10-22-14-8-4-7-13(9-14)16-20-18-11-23-16/h1-9,11H,10H2. The highest BCUT2D eigenvalue weighted by Crippen LogP contribution is 2.25. The second-order valence-corrected chi connectivity index (χ2v) is 5.99. The lowest BCUT2D eigenvalue weighted by Crippen LogP contribution is -1.95. The summed E-state index contributed by atoms with van der Waals surface area (Å²) in [6.45, 7) is 0.359. The van der Waals surface area contributed by atoms with Gasteiger partial charge in [0.05, 0.1) is 0 Å².